The molecule has 90 valence electrons. The number of hydrogen-bond acceptors (Lipinski definition) is 2. The van der Waals surface area contributed by atoms with Gasteiger partial charge in [-0.05, 0) is 29.2 Å². The fourth-order valence-corrected chi connectivity index (χ4v) is 2.65. The standard InChI is InChI=1S/C12H12F2N2O/c13-12(14)4-7-8(5-12)11-6(3-9(7)15)1-2-10(17)16-11/h3H,1-2,4-5,15H2,(H,16,17). The van der Waals surface area contributed by atoms with E-state index in [0.29, 0.717) is 35.3 Å². The van der Waals surface area contributed by atoms with Gasteiger partial charge in [0.1, 0.15) is 0 Å². The summed E-state index contributed by atoms with van der Waals surface area (Å²) in [7, 11) is 0. The Hall–Kier alpha value is -1.65. The molecular formula is C12H12F2N2O. The first-order chi connectivity index (χ1) is 7.96. The van der Waals surface area contributed by atoms with E-state index in [1.807, 2.05) is 0 Å². The summed E-state index contributed by atoms with van der Waals surface area (Å²) in [5.74, 6) is -2.85. The Morgan fingerprint density at radius 3 is 2.71 bits per heavy atom. The zero-order valence-electron chi connectivity index (χ0n) is 9.15. The van der Waals surface area contributed by atoms with Gasteiger partial charge in [-0.2, -0.15) is 0 Å². The van der Waals surface area contributed by atoms with Crippen LogP contribution in [0.25, 0.3) is 0 Å². The Bertz CT molecular complexity index is 526. The molecule has 5 heteroatoms. The smallest absolute Gasteiger partial charge is 0.256 e. The summed E-state index contributed by atoms with van der Waals surface area (Å²) in [4.78, 5) is 11.3. The second kappa shape index (κ2) is 3.18. The Kier molecular flexibility index (Phi) is 1.97. The van der Waals surface area contributed by atoms with E-state index in [4.69, 9.17) is 5.73 Å². The summed E-state index contributed by atoms with van der Waals surface area (Å²) in [5.41, 5.74) is 8.70. The molecule has 1 aliphatic heterocycles. The maximum absolute atomic E-state index is 13.4. The lowest BCUT2D eigenvalue weighted by atomic mass is 9.95. The number of fused-ring (bicyclic) bond motifs is 3. The van der Waals surface area contributed by atoms with E-state index in [1.54, 1.807) is 6.07 Å². The number of hydrogen-bond donors (Lipinski definition) is 2. The lowest BCUT2D eigenvalue weighted by Crippen LogP contribution is -2.21. The van der Waals surface area contributed by atoms with Crippen LogP contribution in [-0.4, -0.2) is 11.8 Å². The number of rotatable bonds is 0. The van der Waals surface area contributed by atoms with Gasteiger partial charge in [0.25, 0.3) is 5.92 Å². The molecule has 1 heterocycles. The van der Waals surface area contributed by atoms with Gasteiger partial charge in [0.05, 0.1) is 0 Å². The number of nitrogen functional groups attached to an aromatic ring is 1. The molecule has 0 aromatic heterocycles. The van der Waals surface area contributed by atoms with Crippen LogP contribution in [0.3, 0.4) is 0 Å². The summed E-state index contributed by atoms with van der Waals surface area (Å²) in [6.45, 7) is 0. The minimum absolute atomic E-state index is 0.111. The van der Waals surface area contributed by atoms with Crippen LogP contribution in [0, 0.1) is 0 Å². The average molecular weight is 238 g/mol. The van der Waals surface area contributed by atoms with E-state index in [0.717, 1.165) is 5.56 Å². The van der Waals surface area contributed by atoms with Gasteiger partial charge in [0.15, 0.2) is 0 Å². The van der Waals surface area contributed by atoms with Gasteiger partial charge in [0.2, 0.25) is 5.91 Å². The van der Waals surface area contributed by atoms with Crippen molar-refractivity contribution >= 4 is 17.3 Å². The van der Waals surface area contributed by atoms with Gasteiger partial charge in [-0.25, -0.2) is 8.78 Å². The summed E-state index contributed by atoms with van der Waals surface area (Å²) >= 11 is 0. The molecule has 3 N–H and O–H groups in total. The normalized spacial score (nSPS) is 20.7. The van der Waals surface area contributed by atoms with Crippen LogP contribution in [0.2, 0.25) is 0 Å². The third kappa shape index (κ3) is 1.57. The molecule has 2 aliphatic rings. The number of benzene rings is 1. The highest BCUT2D eigenvalue weighted by atomic mass is 19.3. The quantitative estimate of drug-likeness (QED) is 0.678. The molecular weight excluding hydrogens is 226 g/mol. The monoisotopic (exact) mass is 238 g/mol. The zero-order chi connectivity index (χ0) is 12.2. The Morgan fingerprint density at radius 2 is 1.94 bits per heavy atom. The first-order valence-electron chi connectivity index (χ1n) is 5.57. The van der Waals surface area contributed by atoms with Gasteiger partial charge < -0.3 is 11.1 Å². The topological polar surface area (TPSA) is 55.1 Å². The molecule has 0 bridgehead atoms. The van der Waals surface area contributed by atoms with E-state index in [9.17, 15) is 13.6 Å². The molecule has 3 nitrogen and oxygen atoms in total. The summed E-state index contributed by atoms with van der Waals surface area (Å²) in [5, 5.41) is 2.70. The molecule has 1 aromatic carbocycles. The molecule has 0 saturated carbocycles. The van der Waals surface area contributed by atoms with Crippen LogP contribution in [-0.2, 0) is 24.1 Å². The number of carbonyl (C=O) groups is 1. The van der Waals surface area contributed by atoms with Crippen molar-refractivity contribution in [1.29, 1.82) is 0 Å². The van der Waals surface area contributed by atoms with E-state index < -0.39 is 5.92 Å². The minimum Gasteiger partial charge on any atom is -0.398 e. The van der Waals surface area contributed by atoms with Crippen molar-refractivity contribution in [3.63, 3.8) is 0 Å². The zero-order valence-corrected chi connectivity index (χ0v) is 9.15. The van der Waals surface area contributed by atoms with Crippen molar-refractivity contribution in [2.24, 2.45) is 0 Å². The molecule has 0 radical (unpaired) electrons. The van der Waals surface area contributed by atoms with E-state index >= 15 is 0 Å². The predicted molar refractivity (Wildman–Crippen MR) is 60.2 cm³/mol. The van der Waals surface area contributed by atoms with E-state index in [1.165, 1.54) is 0 Å². The highest BCUT2D eigenvalue weighted by molar-refractivity contribution is 5.96. The van der Waals surface area contributed by atoms with E-state index in [2.05, 4.69) is 5.32 Å². The number of aryl methyl sites for hydroxylation is 1. The molecule has 0 fully saturated rings. The number of carbonyl (C=O) groups excluding carboxylic acids is 1. The minimum atomic E-state index is -2.74. The van der Waals surface area contributed by atoms with Gasteiger partial charge >= 0.3 is 0 Å². The molecule has 0 unspecified atom stereocenters. The highest BCUT2D eigenvalue weighted by Crippen LogP contribution is 2.43. The van der Waals surface area contributed by atoms with Gasteiger partial charge in [0, 0.05) is 30.6 Å². The van der Waals surface area contributed by atoms with Crippen molar-refractivity contribution in [2.75, 3.05) is 11.1 Å². The van der Waals surface area contributed by atoms with Crippen LogP contribution in [0.15, 0.2) is 6.07 Å². The Labute approximate surface area is 97.0 Å². The molecule has 0 spiro atoms. The molecule has 1 aliphatic carbocycles. The second-order valence-electron chi connectivity index (χ2n) is 4.71. The number of alkyl halides is 2. The lowest BCUT2D eigenvalue weighted by Gasteiger charge is -2.21. The largest absolute Gasteiger partial charge is 0.398 e. The summed E-state index contributed by atoms with van der Waals surface area (Å²) in [6.07, 6.45) is 0.319. The number of amides is 1. The molecule has 1 aromatic rings. The molecule has 0 saturated heterocycles. The molecule has 17 heavy (non-hydrogen) atoms. The fourth-order valence-electron chi connectivity index (χ4n) is 2.65. The van der Waals surface area contributed by atoms with Crippen LogP contribution < -0.4 is 11.1 Å². The van der Waals surface area contributed by atoms with Crippen molar-refractivity contribution in [2.45, 2.75) is 31.6 Å². The molecule has 3 rings (SSSR count). The summed E-state index contributed by atoms with van der Waals surface area (Å²) in [6, 6.07) is 1.72. The highest BCUT2D eigenvalue weighted by Gasteiger charge is 2.41. The lowest BCUT2D eigenvalue weighted by molar-refractivity contribution is -0.116. The van der Waals surface area contributed by atoms with Crippen LogP contribution in [0.1, 0.15) is 23.1 Å². The second-order valence-corrected chi connectivity index (χ2v) is 4.71. The predicted octanol–water partition coefficient (Wildman–Crippen LogP) is 1.89. The van der Waals surface area contributed by atoms with Crippen LogP contribution in [0.5, 0.6) is 0 Å². The van der Waals surface area contributed by atoms with Crippen molar-refractivity contribution in [3.05, 3.63) is 22.8 Å². The number of halogens is 2. The number of nitrogens with one attached hydrogen (secondary N) is 1. The average Bonchev–Trinajstić information content (AvgIpc) is 2.56. The number of anilines is 2. The molecule has 1 amide bonds. The maximum Gasteiger partial charge on any atom is 0.256 e. The van der Waals surface area contributed by atoms with E-state index in [-0.39, 0.29) is 18.7 Å². The van der Waals surface area contributed by atoms with Crippen molar-refractivity contribution in [3.8, 4) is 0 Å². The molecule has 0 atom stereocenters. The first-order valence-corrected chi connectivity index (χ1v) is 5.57. The Morgan fingerprint density at radius 1 is 1.24 bits per heavy atom. The third-order valence-corrected chi connectivity index (χ3v) is 3.42. The van der Waals surface area contributed by atoms with Gasteiger partial charge in [-0.3, -0.25) is 4.79 Å². The SMILES string of the molecule is Nc1cc2c(c3c1CC(F)(F)C3)NC(=O)CC2. The van der Waals surface area contributed by atoms with Gasteiger partial charge in [-0.1, -0.05) is 0 Å². The summed E-state index contributed by atoms with van der Waals surface area (Å²) < 4.78 is 26.8. The van der Waals surface area contributed by atoms with Crippen LogP contribution >= 0.6 is 0 Å². The maximum atomic E-state index is 13.4. The first kappa shape index (κ1) is 10.5. The third-order valence-electron chi connectivity index (χ3n) is 3.42. The fraction of sp³-hybridized carbons (Fsp3) is 0.417. The Balaban J connectivity index is 2.17. The number of nitrogens with two attached hydrogens (primary N) is 1. The van der Waals surface area contributed by atoms with Crippen LogP contribution in [0.4, 0.5) is 20.2 Å². The van der Waals surface area contributed by atoms with Crippen molar-refractivity contribution < 1.29 is 13.6 Å². The van der Waals surface area contributed by atoms with Crippen molar-refractivity contribution in [1.82, 2.24) is 0 Å². The van der Waals surface area contributed by atoms with Gasteiger partial charge in [-0.15, -0.1) is 0 Å².